The molecule has 2 saturated heterocycles. The second-order valence-electron chi connectivity index (χ2n) is 8.03. The maximum absolute atomic E-state index is 12.7. The smallest absolute Gasteiger partial charge is 0.407 e. The van der Waals surface area contributed by atoms with Crippen molar-refractivity contribution in [3.05, 3.63) is 0 Å². The summed E-state index contributed by atoms with van der Waals surface area (Å²) in [5, 5.41) is 2.51. The van der Waals surface area contributed by atoms with Gasteiger partial charge in [0.15, 0.2) is 0 Å². The number of hydrogen-bond acceptors (Lipinski definition) is 5. The zero-order valence-electron chi connectivity index (χ0n) is 16.4. The molecule has 3 amide bonds. The molecule has 0 aromatic carbocycles. The van der Waals surface area contributed by atoms with Crippen LogP contribution in [-0.2, 0) is 19.1 Å². The summed E-state index contributed by atoms with van der Waals surface area (Å²) < 4.78 is 10.7. The number of hydrogen-bond donors (Lipinski definition) is 1. The molecule has 1 aliphatic carbocycles. The van der Waals surface area contributed by atoms with Crippen molar-refractivity contribution in [3.8, 4) is 0 Å². The molecule has 3 fully saturated rings. The first kappa shape index (κ1) is 19.9. The molecule has 1 N–H and O–H groups in total. The molecular weight excluding hydrogens is 350 g/mol. The highest BCUT2D eigenvalue weighted by Gasteiger charge is 2.42. The third-order valence-corrected chi connectivity index (χ3v) is 6.18. The van der Waals surface area contributed by atoms with E-state index in [1.165, 1.54) is 26.4 Å². The Balaban J connectivity index is 1.52. The Morgan fingerprint density at radius 3 is 2.59 bits per heavy atom. The van der Waals surface area contributed by atoms with Crippen molar-refractivity contribution in [3.63, 3.8) is 0 Å². The summed E-state index contributed by atoms with van der Waals surface area (Å²) in [5.41, 5.74) is -0.457. The van der Waals surface area contributed by atoms with Crippen molar-refractivity contribution in [2.45, 2.75) is 57.1 Å². The first-order chi connectivity index (χ1) is 12.9. The molecule has 0 aromatic heterocycles. The van der Waals surface area contributed by atoms with E-state index in [1.807, 2.05) is 4.90 Å². The lowest BCUT2D eigenvalue weighted by molar-refractivity contribution is -0.142. The summed E-state index contributed by atoms with van der Waals surface area (Å²) in [6, 6.07) is -0.638. The third kappa shape index (κ3) is 4.72. The van der Waals surface area contributed by atoms with Gasteiger partial charge in [-0.25, -0.2) is 4.79 Å². The maximum Gasteiger partial charge on any atom is 0.407 e. The normalized spacial score (nSPS) is 24.1. The maximum atomic E-state index is 12.7. The summed E-state index contributed by atoms with van der Waals surface area (Å²) >= 11 is 0. The molecule has 1 saturated carbocycles. The fraction of sp³-hybridized carbons (Fsp3) is 0.842. The number of amides is 3. The van der Waals surface area contributed by atoms with Gasteiger partial charge in [-0.05, 0) is 38.5 Å². The highest BCUT2D eigenvalue weighted by Crippen LogP contribution is 2.34. The van der Waals surface area contributed by atoms with Crippen LogP contribution in [0.5, 0.6) is 0 Å². The van der Waals surface area contributed by atoms with Crippen LogP contribution in [0.3, 0.4) is 0 Å². The van der Waals surface area contributed by atoms with Crippen molar-refractivity contribution in [2.75, 3.05) is 39.9 Å². The average Bonchev–Trinajstić information content (AvgIpc) is 2.76. The molecule has 3 rings (SSSR count). The summed E-state index contributed by atoms with van der Waals surface area (Å²) in [5.74, 6) is 0.702. The fourth-order valence-electron chi connectivity index (χ4n) is 4.14. The summed E-state index contributed by atoms with van der Waals surface area (Å²) in [4.78, 5) is 40.2. The van der Waals surface area contributed by atoms with E-state index < -0.39 is 17.7 Å². The lowest BCUT2D eigenvalue weighted by atomic mass is 9.84. The Kier molecular flexibility index (Phi) is 6.24. The van der Waals surface area contributed by atoms with Gasteiger partial charge >= 0.3 is 6.09 Å². The lowest BCUT2D eigenvalue weighted by Gasteiger charge is -2.41. The van der Waals surface area contributed by atoms with Gasteiger partial charge in [-0.3, -0.25) is 9.59 Å². The molecule has 1 spiro atoms. The molecular formula is C19H31N3O5. The minimum atomic E-state index is -0.638. The third-order valence-electron chi connectivity index (χ3n) is 6.18. The van der Waals surface area contributed by atoms with E-state index in [2.05, 4.69) is 10.1 Å². The van der Waals surface area contributed by atoms with E-state index in [0.717, 1.165) is 6.54 Å². The van der Waals surface area contributed by atoms with Crippen LogP contribution in [0, 0.1) is 5.92 Å². The van der Waals surface area contributed by atoms with E-state index >= 15 is 0 Å². The topological polar surface area (TPSA) is 88.2 Å². The van der Waals surface area contributed by atoms with Gasteiger partial charge in [-0.2, -0.15) is 0 Å². The zero-order chi connectivity index (χ0) is 19.4. The Bertz CT molecular complexity index is 570. The van der Waals surface area contributed by atoms with Crippen molar-refractivity contribution < 1.29 is 23.9 Å². The lowest BCUT2D eigenvalue weighted by Crippen LogP contribution is -2.53. The number of rotatable bonds is 4. The highest BCUT2D eigenvalue weighted by molar-refractivity contribution is 5.85. The van der Waals surface area contributed by atoms with Crippen LogP contribution in [0.2, 0.25) is 0 Å². The number of carbonyl (C=O) groups is 3. The predicted molar refractivity (Wildman–Crippen MR) is 98.0 cm³/mol. The molecule has 27 heavy (non-hydrogen) atoms. The molecule has 0 aromatic rings. The predicted octanol–water partition coefficient (Wildman–Crippen LogP) is 1.14. The van der Waals surface area contributed by atoms with Crippen molar-refractivity contribution in [1.29, 1.82) is 0 Å². The summed E-state index contributed by atoms with van der Waals surface area (Å²) in [6.07, 6.45) is 4.81. The van der Waals surface area contributed by atoms with Gasteiger partial charge < -0.3 is 24.6 Å². The van der Waals surface area contributed by atoms with E-state index in [1.54, 1.807) is 11.8 Å². The number of nitrogens with zero attached hydrogens (tertiary/aromatic N) is 2. The van der Waals surface area contributed by atoms with Crippen LogP contribution in [0.1, 0.15) is 45.4 Å². The molecule has 1 atom stereocenters. The molecule has 0 radical (unpaired) electrons. The number of likely N-dealkylation sites (tertiary alicyclic amines) is 1. The number of methoxy groups -OCH3 is 1. The van der Waals surface area contributed by atoms with Crippen LogP contribution in [-0.4, -0.2) is 79.2 Å². The zero-order valence-corrected chi connectivity index (χ0v) is 16.4. The van der Waals surface area contributed by atoms with E-state index in [0.29, 0.717) is 51.4 Å². The Morgan fingerprint density at radius 1 is 1.30 bits per heavy atom. The van der Waals surface area contributed by atoms with Crippen LogP contribution in [0.25, 0.3) is 0 Å². The SMILES string of the molecule is COC(=O)NC(C)C(=O)N1CCC2(CC1)CC(=O)N(CC1CCC1)CCO2. The second-order valence-corrected chi connectivity index (χ2v) is 8.03. The Labute approximate surface area is 160 Å². The van der Waals surface area contributed by atoms with E-state index in [9.17, 15) is 14.4 Å². The minimum Gasteiger partial charge on any atom is -0.453 e. The first-order valence-electron chi connectivity index (χ1n) is 9.97. The van der Waals surface area contributed by atoms with Crippen LogP contribution in [0.4, 0.5) is 4.79 Å². The van der Waals surface area contributed by atoms with Gasteiger partial charge in [0.25, 0.3) is 0 Å². The fourth-order valence-corrected chi connectivity index (χ4v) is 4.14. The molecule has 0 bridgehead atoms. The van der Waals surface area contributed by atoms with Crippen molar-refractivity contribution in [1.82, 2.24) is 15.1 Å². The Hall–Kier alpha value is -1.83. The molecule has 152 valence electrons. The van der Waals surface area contributed by atoms with Crippen molar-refractivity contribution in [2.24, 2.45) is 5.92 Å². The summed E-state index contributed by atoms with van der Waals surface area (Å²) in [7, 11) is 1.27. The molecule has 2 heterocycles. The highest BCUT2D eigenvalue weighted by atomic mass is 16.5. The number of ether oxygens (including phenoxy) is 2. The Morgan fingerprint density at radius 2 is 2.00 bits per heavy atom. The quantitative estimate of drug-likeness (QED) is 0.789. The standard InChI is InChI=1S/C19H31N3O5/c1-14(20-18(25)26-2)17(24)21-8-6-19(7-9-21)12-16(23)22(10-11-27-19)13-15-4-3-5-15/h14-15H,3-13H2,1-2H3,(H,20,25). The second kappa shape index (κ2) is 8.46. The van der Waals surface area contributed by atoms with Crippen molar-refractivity contribution >= 4 is 17.9 Å². The molecule has 3 aliphatic rings. The van der Waals surface area contributed by atoms with Gasteiger partial charge in [0.05, 0.1) is 25.7 Å². The van der Waals surface area contributed by atoms with Gasteiger partial charge in [-0.1, -0.05) is 6.42 Å². The van der Waals surface area contributed by atoms with Gasteiger partial charge in [0.1, 0.15) is 6.04 Å². The number of nitrogens with one attached hydrogen (secondary N) is 1. The van der Waals surface area contributed by atoms with Gasteiger partial charge in [0, 0.05) is 26.2 Å². The van der Waals surface area contributed by atoms with Gasteiger partial charge in [0.2, 0.25) is 11.8 Å². The number of alkyl carbamates (subject to hydrolysis) is 1. The molecule has 8 nitrogen and oxygen atoms in total. The minimum absolute atomic E-state index is 0.137. The number of carbonyl (C=O) groups excluding carboxylic acids is 3. The first-order valence-corrected chi connectivity index (χ1v) is 9.97. The van der Waals surface area contributed by atoms with Crippen LogP contribution in [0.15, 0.2) is 0 Å². The monoisotopic (exact) mass is 381 g/mol. The average molecular weight is 381 g/mol. The molecule has 8 heteroatoms. The van der Waals surface area contributed by atoms with E-state index in [4.69, 9.17) is 4.74 Å². The van der Waals surface area contributed by atoms with Gasteiger partial charge in [-0.15, -0.1) is 0 Å². The van der Waals surface area contributed by atoms with Crippen LogP contribution >= 0.6 is 0 Å². The number of piperidine rings is 1. The molecule has 1 unspecified atom stereocenters. The van der Waals surface area contributed by atoms with Crippen LogP contribution < -0.4 is 5.32 Å². The van der Waals surface area contributed by atoms with E-state index in [-0.39, 0.29) is 11.8 Å². The summed E-state index contributed by atoms with van der Waals surface area (Å²) in [6.45, 7) is 4.80. The molecule has 2 aliphatic heterocycles. The largest absolute Gasteiger partial charge is 0.453 e.